The van der Waals surface area contributed by atoms with Crippen molar-refractivity contribution in [1.29, 1.82) is 0 Å². The van der Waals surface area contributed by atoms with Crippen LogP contribution in [-0.4, -0.2) is 11.9 Å². The summed E-state index contributed by atoms with van der Waals surface area (Å²) in [4.78, 5) is 7.27. The molecule has 11 rings (SSSR count). The highest BCUT2D eigenvalue weighted by atomic mass is 16.4. The zero-order valence-corrected chi connectivity index (χ0v) is 32.4. The van der Waals surface area contributed by atoms with Gasteiger partial charge in [-0.1, -0.05) is 147 Å². The first-order chi connectivity index (χ1) is 28.5. The van der Waals surface area contributed by atoms with Crippen LogP contribution in [0, 0.1) is 0 Å². The standard InChI is InChI=1S/C53H39BN2O2/c1-53(2)46-24-10-9-22-44(46)50-45(43-23-14-18-38-34-57-54(51(38)43)39-19-7-4-8-20-39)32-42(33-47(50)53)56(40-29-27-36(28-30-40)35-15-5-3-6-16-35)41-21-13-17-37(31-41)52-55-48-25-11-12-26-49(48)58-52/h3-33H,34H2,1-2H3. The summed E-state index contributed by atoms with van der Waals surface area (Å²) in [6.45, 7) is 5.15. The molecule has 0 fully saturated rings. The minimum absolute atomic E-state index is 0.161. The summed E-state index contributed by atoms with van der Waals surface area (Å²) < 4.78 is 12.9. The Balaban J connectivity index is 1.15. The minimum atomic E-state index is -0.243. The van der Waals surface area contributed by atoms with Crippen molar-refractivity contribution in [3.05, 3.63) is 205 Å². The van der Waals surface area contributed by atoms with E-state index in [1.54, 1.807) is 0 Å². The van der Waals surface area contributed by atoms with Crippen LogP contribution in [0.4, 0.5) is 17.1 Å². The molecule has 2 aliphatic rings. The fourth-order valence-corrected chi connectivity index (χ4v) is 9.23. The van der Waals surface area contributed by atoms with Crippen LogP contribution >= 0.6 is 0 Å². The Kier molecular flexibility index (Phi) is 8.06. The van der Waals surface area contributed by atoms with Crippen LogP contribution in [-0.2, 0) is 16.7 Å². The van der Waals surface area contributed by atoms with E-state index in [-0.39, 0.29) is 12.3 Å². The number of oxazole rings is 1. The summed E-state index contributed by atoms with van der Waals surface area (Å²) in [6.07, 6.45) is 0. The van der Waals surface area contributed by atoms with E-state index < -0.39 is 0 Å². The van der Waals surface area contributed by atoms with Crippen LogP contribution in [0.3, 0.4) is 0 Å². The van der Waals surface area contributed by atoms with E-state index in [0.717, 1.165) is 33.7 Å². The predicted molar refractivity (Wildman–Crippen MR) is 239 cm³/mol. The van der Waals surface area contributed by atoms with Gasteiger partial charge >= 0.3 is 6.92 Å². The quantitative estimate of drug-likeness (QED) is 0.152. The lowest BCUT2D eigenvalue weighted by Gasteiger charge is -2.30. The number of anilines is 3. The lowest BCUT2D eigenvalue weighted by atomic mass is 9.54. The fourth-order valence-electron chi connectivity index (χ4n) is 9.23. The van der Waals surface area contributed by atoms with Gasteiger partial charge in [-0.05, 0) is 116 Å². The molecule has 0 unspecified atom stereocenters. The predicted octanol–water partition coefficient (Wildman–Crippen LogP) is 12.2. The van der Waals surface area contributed by atoms with Gasteiger partial charge in [0.15, 0.2) is 5.58 Å². The van der Waals surface area contributed by atoms with Crippen LogP contribution in [0.1, 0.15) is 30.5 Å². The van der Waals surface area contributed by atoms with Crippen molar-refractivity contribution < 1.29 is 9.07 Å². The van der Waals surface area contributed by atoms with Gasteiger partial charge in [-0.25, -0.2) is 4.98 Å². The number of nitrogens with zero attached hydrogens (tertiary/aromatic N) is 2. The molecule has 276 valence electrons. The molecule has 0 saturated carbocycles. The molecule has 0 saturated heterocycles. The van der Waals surface area contributed by atoms with Gasteiger partial charge in [0, 0.05) is 28.0 Å². The van der Waals surface area contributed by atoms with Gasteiger partial charge in [0.05, 0.1) is 6.61 Å². The Morgan fingerprint density at radius 1 is 0.534 bits per heavy atom. The minimum Gasteiger partial charge on any atom is -0.436 e. The summed E-state index contributed by atoms with van der Waals surface area (Å²) in [7, 11) is 0. The number of hydrogen-bond donors (Lipinski definition) is 0. The lowest BCUT2D eigenvalue weighted by molar-refractivity contribution is 0.337. The second-order valence-corrected chi connectivity index (χ2v) is 15.9. The molecule has 0 radical (unpaired) electrons. The summed E-state index contributed by atoms with van der Waals surface area (Å²) >= 11 is 0. The molecule has 4 nitrogen and oxygen atoms in total. The molecular weight excluding hydrogens is 707 g/mol. The van der Waals surface area contributed by atoms with E-state index in [1.807, 2.05) is 24.3 Å². The number of aromatic nitrogens is 1. The maximum absolute atomic E-state index is 6.62. The Morgan fingerprint density at radius 2 is 1.22 bits per heavy atom. The number of hydrogen-bond acceptors (Lipinski definition) is 4. The van der Waals surface area contributed by atoms with Crippen LogP contribution in [0.15, 0.2) is 192 Å². The molecule has 0 bridgehead atoms. The van der Waals surface area contributed by atoms with Crippen molar-refractivity contribution >= 4 is 46.0 Å². The van der Waals surface area contributed by atoms with Gasteiger partial charge in [-0.15, -0.1) is 0 Å². The van der Waals surface area contributed by atoms with Crippen molar-refractivity contribution in [2.75, 3.05) is 4.90 Å². The van der Waals surface area contributed by atoms with Crippen molar-refractivity contribution in [3.63, 3.8) is 0 Å². The second-order valence-electron chi connectivity index (χ2n) is 15.9. The Hall–Kier alpha value is -6.95. The van der Waals surface area contributed by atoms with Crippen molar-refractivity contribution in [3.8, 4) is 44.8 Å². The third kappa shape index (κ3) is 5.61. The Morgan fingerprint density at radius 3 is 2.05 bits per heavy atom. The van der Waals surface area contributed by atoms with E-state index in [0.29, 0.717) is 12.5 Å². The van der Waals surface area contributed by atoms with Crippen LogP contribution in [0.25, 0.3) is 55.9 Å². The van der Waals surface area contributed by atoms with E-state index in [9.17, 15) is 0 Å². The van der Waals surface area contributed by atoms with Crippen LogP contribution < -0.4 is 15.8 Å². The number of para-hydroxylation sites is 2. The Bertz CT molecular complexity index is 2960. The van der Waals surface area contributed by atoms with E-state index in [1.165, 1.54) is 61.0 Å². The summed E-state index contributed by atoms with van der Waals surface area (Å²) in [5, 5.41) is 0. The highest BCUT2D eigenvalue weighted by Gasteiger charge is 2.40. The number of fused-ring (bicyclic) bond motifs is 5. The molecule has 58 heavy (non-hydrogen) atoms. The zero-order valence-electron chi connectivity index (χ0n) is 32.4. The van der Waals surface area contributed by atoms with Crippen molar-refractivity contribution in [2.45, 2.75) is 25.9 Å². The van der Waals surface area contributed by atoms with Gasteiger partial charge in [0.2, 0.25) is 5.89 Å². The van der Waals surface area contributed by atoms with E-state index in [2.05, 4.69) is 183 Å². The first kappa shape index (κ1) is 34.3. The highest BCUT2D eigenvalue weighted by Crippen LogP contribution is 2.54. The molecule has 2 heterocycles. The summed E-state index contributed by atoms with van der Waals surface area (Å²) in [5.41, 5.74) is 19.0. The third-order valence-electron chi connectivity index (χ3n) is 12.1. The molecule has 0 atom stereocenters. The van der Waals surface area contributed by atoms with Gasteiger partial charge < -0.3 is 14.0 Å². The first-order valence-corrected chi connectivity index (χ1v) is 20.0. The fraction of sp³-hybridized carbons (Fsp3) is 0.0755. The topological polar surface area (TPSA) is 38.5 Å². The van der Waals surface area contributed by atoms with Gasteiger partial charge in [-0.3, -0.25) is 0 Å². The van der Waals surface area contributed by atoms with E-state index in [4.69, 9.17) is 14.1 Å². The van der Waals surface area contributed by atoms with E-state index >= 15 is 0 Å². The first-order valence-electron chi connectivity index (χ1n) is 20.0. The van der Waals surface area contributed by atoms with Gasteiger partial charge in [0.1, 0.15) is 5.52 Å². The van der Waals surface area contributed by atoms with Crippen molar-refractivity contribution in [1.82, 2.24) is 4.98 Å². The second kappa shape index (κ2) is 13.6. The molecule has 9 aromatic rings. The monoisotopic (exact) mass is 746 g/mol. The number of benzene rings is 8. The van der Waals surface area contributed by atoms with Crippen LogP contribution in [0.2, 0.25) is 0 Å². The smallest absolute Gasteiger partial charge is 0.362 e. The summed E-state index contributed by atoms with van der Waals surface area (Å²) in [5.74, 6) is 0.598. The van der Waals surface area contributed by atoms with Gasteiger partial charge in [0.25, 0.3) is 0 Å². The largest absolute Gasteiger partial charge is 0.436 e. The Labute approximate surface area is 339 Å². The average molecular weight is 747 g/mol. The molecule has 1 aliphatic heterocycles. The number of rotatable bonds is 7. The SMILES string of the molecule is CC1(C)c2ccccc2-c2c(-c3cccc4c3B(c3ccccc3)OC4)cc(N(c3ccc(-c4ccccc4)cc3)c3cccc(-c4nc5ccccc5o4)c3)cc21. The highest BCUT2D eigenvalue weighted by molar-refractivity contribution is 6.82. The maximum Gasteiger partial charge on any atom is 0.362 e. The molecule has 8 aromatic carbocycles. The van der Waals surface area contributed by atoms with Crippen LogP contribution in [0.5, 0.6) is 0 Å². The molecule has 5 heteroatoms. The molecular formula is C53H39BN2O2. The molecule has 1 aromatic heterocycles. The third-order valence-corrected chi connectivity index (χ3v) is 12.1. The lowest BCUT2D eigenvalue weighted by Crippen LogP contribution is -2.42. The van der Waals surface area contributed by atoms with Gasteiger partial charge in [-0.2, -0.15) is 0 Å². The maximum atomic E-state index is 6.62. The summed E-state index contributed by atoms with van der Waals surface area (Å²) in [6, 6.07) is 67.1. The molecule has 0 amide bonds. The average Bonchev–Trinajstić information content (AvgIpc) is 3.98. The normalized spacial score (nSPS) is 13.7. The molecule has 1 aliphatic carbocycles. The molecule has 0 spiro atoms. The zero-order chi connectivity index (χ0) is 38.8. The molecule has 0 N–H and O–H groups in total. The van der Waals surface area contributed by atoms with Crippen molar-refractivity contribution in [2.24, 2.45) is 0 Å².